The van der Waals surface area contributed by atoms with Crippen LogP contribution in [0.3, 0.4) is 0 Å². The van der Waals surface area contributed by atoms with Gasteiger partial charge in [0.15, 0.2) is 11.5 Å². The van der Waals surface area contributed by atoms with Gasteiger partial charge in [-0.1, -0.05) is 0 Å². The summed E-state index contributed by atoms with van der Waals surface area (Å²) in [5, 5.41) is 0. The van der Waals surface area contributed by atoms with E-state index in [1.54, 1.807) is 36.7 Å². The molecule has 0 aliphatic carbocycles. The highest BCUT2D eigenvalue weighted by Crippen LogP contribution is 2.32. The number of benzene rings is 2. The Labute approximate surface area is 125 Å². The third kappa shape index (κ3) is 2.05. The van der Waals surface area contributed by atoms with Crippen LogP contribution in [0.15, 0.2) is 42.7 Å². The van der Waals surface area contributed by atoms with E-state index >= 15 is 0 Å². The molecule has 0 atom stereocenters. The van der Waals surface area contributed by atoms with Crippen LogP contribution < -0.4 is 14.2 Å². The van der Waals surface area contributed by atoms with Crippen LogP contribution in [-0.4, -0.2) is 22.3 Å². The third-order valence-corrected chi connectivity index (χ3v) is 3.52. The first-order valence-corrected chi connectivity index (χ1v) is 6.73. The fraction of sp³-hybridized carbons (Fsp3) is 0.125. The van der Waals surface area contributed by atoms with Crippen LogP contribution in [-0.2, 0) is 7.05 Å². The molecular formula is C16H12N2O4. The summed E-state index contributed by atoms with van der Waals surface area (Å²) in [5.41, 5.74) is 2.16. The fourth-order valence-electron chi connectivity index (χ4n) is 2.37. The molecule has 0 spiro atoms. The topological polar surface area (TPSA) is 62.6 Å². The molecule has 2 aromatic carbocycles. The minimum Gasteiger partial charge on any atom is -0.454 e. The standard InChI is InChI=1S/C16H12N2O4/c1-18-8-17-12-7-11(3-4-13(12)18)22-16(19)10-2-5-14-15(6-10)21-9-20-14/h2-8H,9H2,1H3. The predicted octanol–water partition coefficient (Wildman–Crippen LogP) is 2.52. The molecule has 0 amide bonds. The number of aromatic nitrogens is 2. The number of carbonyl (C=O) groups excluding carboxylic acids is 1. The van der Waals surface area contributed by atoms with E-state index in [4.69, 9.17) is 14.2 Å². The van der Waals surface area contributed by atoms with Crippen LogP contribution >= 0.6 is 0 Å². The van der Waals surface area contributed by atoms with Crippen LogP contribution in [0, 0.1) is 0 Å². The lowest BCUT2D eigenvalue weighted by Gasteiger charge is -2.05. The lowest BCUT2D eigenvalue weighted by molar-refractivity contribution is 0.0734. The van der Waals surface area contributed by atoms with Crippen LogP contribution in [0.1, 0.15) is 10.4 Å². The van der Waals surface area contributed by atoms with E-state index in [1.807, 2.05) is 17.7 Å². The van der Waals surface area contributed by atoms with Crippen molar-refractivity contribution in [2.24, 2.45) is 7.05 Å². The van der Waals surface area contributed by atoms with Gasteiger partial charge in [-0.05, 0) is 30.3 Å². The average molecular weight is 296 g/mol. The molecule has 0 N–H and O–H groups in total. The van der Waals surface area contributed by atoms with E-state index in [9.17, 15) is 4.79 Å². The minimum atomic E-state index is -0.450. The molecule has 4 rings (SSSR count). The van der Waals surface area contributed by atoms with E-state index < -0.39 is 5.97 Å². The van der Waals surface area contributed by atoms with Crippen LogP contribution in [0.25, 0.3) is 11.0 Å². The maximum absolute atomic E-state index is 12.2. The largest absolute Gasteiger partial charge is 0.454 e. The van der Waals surface area contributed by atoms with Gasteiger partial charge in [0.25, 0.3) is 0 Å². The smallest absolute Gasteiger partial charge is 0.343 e. The molecule has 0 radical (unpaired) electrons. The Bertz CT molecular complexity index is 885. The SMILES string of the molecule is Cn1cnc2cc(OC(=O)c3ccc4c(c3)OCO4)ccc21. The summed E-state index contributed by atoms with van der Waals surface area (Å²) in [6.07, 6.45) is 1.72. The van der Waals surface area contributed by atoms with Gasteiger partial charge in [0.2, 0.25) is 6.79 Å². The average Bonchev–Trinajstić information content (AvgIpc) is 3.13. The van der Waals surface area contributed by atoms with Gasteiger partial charge < -0.3 is 18.8 Å². The van der Waals surface area contributed by atoms with Gasteiger partial charge in [-0.15, -0.1) is 0 Å². The molecule has 0 bridgehead atoms. The second-order valence-corrected chi connectivity index (χ2v) is 4.96. The normalized spacial score (nSPS) is 12.6. The van der Waals surface area contributed by atoms with Gasteiger partial charge in [-0.2, -0.15) is 0 Å². The zero-order valence-electron chi connectivity index (χ0n) is 11.8. The second kappa shape index (κ2) is 4.77. The number of ether oxygens (including phenoxy) is 3. The maximum atomic E-state index is 12.2. The summed E-state index contributed by atoms with van der Waals surface area (Å²) in [7, 11) is 1.91. The molecule has 3 aromatic rings. The van der Waals surface area contributed by atoms with Crippen molar-refractivity contribution in [2.45, 2.75) is 0 Å². The van der Waals surface area contributed by atoms with Crippen LogP contribution in [0.2, 0.25) is 0 Å². The predicted molar refractivity (Wildman–Crippen MR) is 78.2 cm³/mol. The molecular weight excluding hydrogens is 284 g/mol. The summed E-state index contributed by atoms with van der Waals surface area (Å²) < 4.78 is 17.8. The zero-order valence-corrected chi connectivity index (χ0v) is 11.8. The Morgan fingerprint density at radius 1 is 1.18 bits per heavy atom. The highest BCUT2D eigenvalue weighted by Gasteiger charge is 2.17. The monoisotopic (exact) mass is 296 g/mol. The Morgan fingerprint density at radius 2 is 2.05 bits per heavy atom. The molecule has 6 nitrogen and oxygen atoms in total. The number of hydrogen-bond acceptors (Lipinski definition) is 5. The third-order valence-electron chi connectivity index (χ3n) is 3.52. The summed E-state index contributed by atoms with van der Waals surface area (Å²) in [4.78, 5) is 16.5. The number of rotatable bonds is 2. The summed E-state index contributed by atoms with van der Waals surface area (Å²) in [6, 6.07) is 10.3. The van der Waals surface area contributed by atoms with Crippen molar-refractivity contribution in [3.63, 3.8) is 0 Å². The minimum absolute atomic E-state index is 0.171. The lowest BCUT2D eigenvalue weighted by Crippen LogP contribution is -2.08. The first kappa shape index (κ1) is 12.7. The van der Waals surface area contributed by atoms with E-state index in [0.717, 1.165) is 11.0 Å². The van der Waals surface area contributed by atoms with E-state index in [2.05, 4.69) is 4.98 Å². The Morgan fingerprint density at radius 3 is 2.95 bits per heavy atom. The number of nitrogens with zero attached hydrogens (tertiary/aromatic N) is 2. The molecule has 1 aromatic heterocycles. The Kier molecular flexibility index (Phi) is 2.75. The molecule has 0 fully saturated rings. The van der Waals surface area contributed by atoms with Crippen molar-refractivity contribution < 1.29 is 19.0 Å². The van der Waals surface area contributed by atoms with Crippen molar-refractivity contribution in [3.05, 3.63) is 48.3 Å². The number of aryl methyl sites for hydroxylation is 1. The van der Waals surface area contributed by atoms with Gasteiger partial charge >= 0.3 is 5.97 Å². The zero-order chi connectivity index (χ0) is 15.1. The van der Waals surface area contributed by atoms with Gasteiger partial charge in [0.1, 0.15) is 5.75 Å². The summed E-state index contributed by atoms with van der Waals surface area (Å²) in [5.74, 6) is 1.18. The molecule has 6 heteroatoms. The molecule has 0 saturated carbocycles. The van der Waals surface area contributed by atoms with Crippen LogP contribution in [0.4, 0.5) is 0 Å². The van der Waals surface area contributed by atoms with Crippen molar-refractivity contribution in [3.8, 4) is 17.2 Å². The summed E-state index contributed by atoms with van der Waals surface area (Å²) in [6.45, 7) is 0.171. The Balaban J connectivity index is 1.60. The second-order valence-electron chi connectivity index (χ2n) is 4.96. The van der Waals surface area contributed by atoms with E-state index in [-0.39, 0.29) is 6.79 Å². The first-order valence-electron chi connectivity index (χ1n) is 6.73. The quantitative estimate of drug-likeness (QED) is 0.537. The molecule has 2 heterocycles. The lowest BCUT2D eigenvalue weighted by atomic mass is 10.2. The highest BCUT2D eigenvalue weighted by molar-refractivity contribution is 5.92. The maximum Gasteiger partial charge on any atom is 0.343 e. The van der Waals surface area contributed by atoms with Crippen molar-refractivity contribution in [1.29, 1.82) is 0 Å². The van der Waals surface area contributed by atoms with Crippen molar-refractivity contribution in [2.75, 3.05) is 6.79 Å². The molecule has 0 saturated heterocycles. The van der Waals surface area contributed by atoms with Crippen molar-refractivity contribution >= 4 is 17.0 Å². The molecule has 22 heavy (non-hydrogen) atoms. The number of imidazole rings is 1. The van der Waals surface area contributed by atoms with Gasteiger partial charge in [-0.3, -0.25) is 0 Å². The fourth-order valence-corrected chi connectivity index (χ4v) is 2.37. The van der Waals surface area contributed by atoms with Gasteiger partial charge in [0, 0.05) is 13.1 Å². The highest BCUT2D eigenvalue weighted by atomic mass is 16.7. The molecule has 1 aliphatic rings. The number of carbonyl (C=O) groups is 1. The molecule has 0 unspecified atom stereocenters. The van der Waals surface area contributed by atoms with Gasteiger partial charge in [-0.25, -0.2) is 9.78 Å². The number of esters is 1. The number of hydrogen-bond donors (Lipinski definition) is 0. The van der Waals surface area contributed by atoms with Crippen LogP contribution in [0.5, 0.6) is 17.2 Å². The number of fused-ring (bicyclic) bond motifs is 2. The van der Waals surface area contributed by atoms with E-state index in [0.29, 0.717) is 22.8 Å². The molecule has 110 valence electrons. The van der Waals surface area contributed by atoms with Crippen molar-refractivity contribution in [1.82, 2.24) is 9.55 Å². The molecule has 1 aliphatic heterocycles. The Hall–Kier alpha value is -3.02. The summed E-state index contributed by atoms with van der Waals surface area (Å²) >= 11 is 0. The van der Waals surface area contributed by atoms with Gasteiger partial charge in [0.05, 0.1) is 22.9 Å². The first-order chi connectivity index (χ1) is 10.7. The van der Waals surface area contributed by atoms with E-state index in [1.165, 1.54) is 0 Å².